The number of hydrogen-bond acceptors (Lipinski definition) is 2. The molecule has 1 amide bonds. The lowest BCUT2D eigenvalue weighted by molar-refractivity contribution is -0.125. The lowest BCUT2D eigenvalue weighted by atomic mass is 10.00. The Morgan fingerprint density at radius 2 is 2.42 bits per heavy atom. The summed E-state index contributed by atoms with van der Waals surface area (Å²) in [6.07, 6.45) is 4.17. The smallest absolute Gasteiger partial charge is 0.223 e. The van der Waals surface area contributed by atoms with Crippen molar-refractivity contribution < 1.29 is 9.53 Å². The molecule has 12 heavy (non-hydrogen) atoms. The quantitative estimate of drug-likeness (QED) is 0.686. The van der Waals surface area contributed by atoms with E-state index in [-0.39, 0.29) is 11.8 Å². The minimum Gasteiger partial charge on any atom is -0.385 e. The van der Waals surface area contributed by atoms with E-state index in [1.807, 2.05) is 0 Å². The van der Waals surface area contributed by atoms with E-state index in [1.165, 1.54) is 0 Å². The largest absolute Gasteiger partial charge is 0.385 e. The summed E-state index contributed by atoms with van der Waals surface area (Å²) in [5.74, 6) is 0.400. The summed E-state index contributed by atoms with van der Waals surface area (Å²) in [6, 6.07) is 0. The van der Waals surface area contributed by atoms with E-state index in [1.54, 1.807) is 7.11 Å². The lowest BCUT2D eigenvalue weighted by Gasteiger charge is -2.11. The minimum absolute atomic E-state index is 0.187. The first kappa shape index (κ1) is 9.52. The molecule has 3 nitrogen and oxygen atoms in total. The molecule has 0 aromatic heterocycles. The van der Waals surface area contributed by atoms with Crippen molar-refractivity contribution in [3.8, 4) is 0 Å². The van der Waals surface area contributed by atoms with Gasteiger partial charge in [0.1, 0.15) is 0 Å². The molecule has 3 heteroatoms. The van der Waals surface area contributed by atoms with E-state index in [4.69, 9.17) is 4.74 Å². The third-order valence-corrected chi connectivity index (χ3v) is 2.32. The molecule has 1 aliphatic rings. The van der Waals surface area contributed by atoms with Gasteiger partial charge in [-0.2, -0.15) is 0 Å². The van der Waals surface area contributed by atoms with E-state index < -0.39 is 0 Å². The van der Waals surface area contributed by atoms with Gasteiger partial charge in [-0.3, -0.25) is 4.79 Å². The fraction of sp³-hybridized carbons (Fsp3) is 0.889. The first-order valence-electron chi connectivity index (χ1n) is 4.61. The topological polar surface area (TPSA) is 38.3 Å². The summed E-state index contributed by atoms with van der Waals surface area (Å²) >= 11 is 0. The second-order valence-corrected chi connectivity index (χ2v) is 3.27. The molecule has 0 bridgehead atoms. The van der Waals surface area contributed by atoms with Crippen LogP contribution in [-0.4, -0.2) is 26.2 Å². The number of hydrogen-bond donors (Lipinski definition) is 1. The van der Waals surface area contributed by atoms with E-state index in [0.29, 0.717) is 6.61 Å². The van der Waals surface area contributed by atoms with Crippen molar-refractivity contribution in [3.05, 3.63) is 0 Å². The number of ether oxygens (including phenoxy) is 1. The highest BCUT2D eigenvalue weighted by molar-refractivity contribution is 5.78. The summed E-state index contributed by atoms with van der Waals surface area (Å²) in [7, 11) is 1.68. The van der Waals surface area contributed by atoms with Crippen molar-refractivity contribution in [2.75, 3.05) is 20.3 Å². The zero-order valence-corrected chi connectivity index (χ0v) is 7.64. The Bertz CT molecular complexity index is 147. The van der Waals surface area contributed by atoms with Gasteiger partial charge < -0.3 is 10.1 Å². The Morgan fingerprint density at radius 1 is 1.58 bits per heavy atom. The molecule has 1 N–H and O–H groups in total. The number of methoxy groups -OCH3 is 1. The van der Waals surface area contributed by atoms with Gasteiger partial charge in [-0.1, -0.05) is 6.42 Å². The third kappa shape index (κ3) is 2.81. The van der Waals surface area contributed by atoms with Crippen LogP contribution in [0, 0.1) is 5.92 Å². The maximum Gasteiger partial charge on any atom is 0.223 e. The Morgan fingerprint density at radius 3 is 3.17 bits per heavy atom. The molecule has 0 aromatic carbocycles. The number of rotatable bonds is 3. The SMILES string of the molecule is COCCC1CCCCNC1=O. The Balaban J connectivity index is 2.31. The molecule has 0 aromatic rings. The van der Waals surface area contributed by atoms with Crippen LogP contribution in [0.15, 0.2) is 0 Å². The van der Waals surface area contributed by atoms with Gasteiger partial charge in [-0.25, -0.2) is 0 Å². The molecule has 0 aliphatic carbocycles. The second-order valence-electron chi connectivity index (χ2n) is 3.27. The van der Waals surface area contributed by atoms with Crippen molar-refractivity contribution in [2.24, 2.45) is 5.92 Å². The molecular weight excluding hydrogens is 154 g/mol. The highest BCUT2D eigenvalue weighted by atomic mass is 16.5. The molecule has 0 radical (unpaired) electrons. The number of carbonyl (C=O) groups excluding carboxylic acids is 1. The van der Waals surface area contributed by atoms with Crippen molar-refractivity contribution >= 4 is 5.91 Å². The van der Waals surface area contributed by atoms with Crippen LogP contribution in [0.4, 0.5) is 0 Å². The molecule has 1 heterocycles. The first-order chi connectivity index (χ1) is 5.84. The summed E-state index contributed by atoms with van der Waals surface area (Å²) < 4.78 is 4.95. The molecule has 1 fully saturated rings. The third-order valence-electron chi connectivity index (χ3n) is 2.32. The van der Waals surface area contributed by atoms with Crippen LogP contribution in [0.5, 0.6) is 0 Å². The van der Waals surface area contributed by atoms with Gasteiger partial charge in [-0.15, -0.1) is 0 Å². The van der Waals surface area contributed by atoms with E-state index in [2.05, 4.69) is 5.32 Å². The molecular formula is C9H17NO2. The standard InChI is InChI=1S/C9H17NO2/c1-12-7-5-8-4-2-3-6-10-9(8)11/h8H,2-7H2,1H3,(H,10,11). The van der Waals surface area contributed by atoms with E-state index >= 15 is 0 Å². The Hall–Kier alpha value is -0.570. The predicted molar refractivity (Wildman–Crippen MR) is 46.8 cm³/mol. The van der Waals surface area contributed by atoms with E-state index in [0.717, 1.165) is 32.2 Å². The van der Waals surface area contributed by atoms with Crippen LogP contribution < -0.4 is 5.32 Å². The van der Waals surface area contributed by atoms with Gasteiger partial charge >= 0.3 is 0 Å². The summed E-state index contributed by atoms with van der Waals surface area (Å²) in [6.45, 7) is 1.54. The highest BCUT2D eigenvalue weighted by Crippen LogP contribution is 2.15. The van der Waals surface area contributed by atoms with Gasteiger partial charge in [0, 0.05) is 26.2 Å². The van der Waals surface area contributed by atoms with Gasteiger partial charge in [-0.05, 0) is 19.3 Å². The minimum atomic E-state index is 0.187. The molecule has 0 spiro atoms. The molecule has 1 rings (SSSR count). The monoisotopic (exact) mass is 171 g/mol. The highest BCUT2D eigenvalue weighted by Gasteiger charge is 2.19. The van der Waals surface area contributed by atoms with Crippen molar-refractivity contribution in [2.45, 2.75) is 25.7 Å². The molecule has 1 aliphatic heterocycles. The van der Waals surface area contributed by atoms with Crippen LogP contribution in [0.1, 0.15) is 25.7 Å². The summed E-state index contributed by atoms with van der Waals surface area (Å²) in [5.41, 5.74) is 0. The predicted octanol–water partition coefficient (Wildman–Crippen LogP) is 0.939. The van der Waals surface area contributed by atoms with Gasteiger partial charge in [0.2, 0.25) is 5.91 Å². The molecule has 1 saturated heterocycles. The summed E-state index contributed by atoms with van der Waals surface area (Å²) in [4.78, 5) is 11.4. The summed E-state index contributed by atoms with van der Waals surface area (Å²) in [5, 5.41) is 2.91. The number of nitrogens with one attached hydrogen (secondary N) is 1. The van der Waals surface area contributed by atoms with Crippen molar-refractivity contribution in [3.63, 3.8) is 0 Å². The Labute approximate surface area is 73.5 Å². The van der Waals surface area contributed by atoms with Gasteiger partial charge in [0.25, 0.3) is 0 Å². The molecule has 1 unspecified atom stereocenters. The molecule has 0 saturated carbocycles. The van der Waals surface area contributed by atoms with Crippen LogP contribution in [0.3, 0.4) is 0 Å². The maximum absolute atomic E-state index is 11.4. The van der Waals surface area contributed by atoms with Crippen LogP contribution in [-0.2, 0) is 9.53 Å². The van der Waals surface area contributed by atoms with Crippen LogP contribution in [0.2, 0.25) is 0 Å². The van der Waals surface area contributed by atoms with Crippen molar-refractivity contribution in [1.29, 1.82) is 0 Å². The number of amides is 1. The second kappa shape index (κ2) is 5.14. The molecule has 1 atom stereocenters. The average Bonchev–Trinajstić information content (AvgIpc) is 2.27. The average molecular weight is 171 g/mol. The maximum atomic E-state index is 11.4. The fourth-order valence-electron chi connectivity index (χ4n) is 1.54. The van der Waals surface area contributed by atoms with Crippen LogP contribution in [0.25, 0.3) is 0 Å². The first-order valence-corrected chi connectivity index (χ1v) is 4.61. The van der Waals surface area contributed by atoms with E-state index in [9.17, 15) is 4.79 Å². The normalized spacial score (nSPS) is 24.8. The van der Waals surface area contributed by atoms with Crippen molar-refractivity contribution in [1.82, 2.24) is 5.32 Å². The zero-order valence-electron chi connectivity index (χ0n) is 7.64. The zero-order chi connectivity index (χ0) is 8.81. The lowest BCUT2D eigenvalue weighted by Crippen LogP contribution is -2.29. The fourth-order valence-corrected chi connectivity index (χ4v) is 1.54. The Kier molecular flexibility index (Phi) is 4.08. The number of carbonyl (C=O) groups is 1. The molecule has 70 valence electrons. The van der Waals surface area contributed by atoms with Crippen LogP contribution >= 0.6 is 0 Å². The van der Waals surface area contributed by atoms with Gasteiger partial charge in [0.15, 0.2) is 0 Å². The van der Waals surface area contributed by atoms with Gasteiger partial charge in [0.05, 0.1) is 0 Å².